The van der Waals surface area contributed by atoms with Crippen LogP contribution in [0.25, 0.3) is 0 Å². The van der Waals surface area contributed by atoms with E-state index in [1.165, 1.54) is 0 Å². The second-order valence-electron chi connectivity index (χ2n) is 6.12. The molecule has 1 aliphatic rings. The molecule has 2 N–H and O–H groups in total. The van der Waals surface area contributed by atoms with E-state index in [0.717, 1.165) is 55.6 Å². The average Bonchev–Trinajstić information content (AvgIpc) is 3.14. The molecule has 0 aliphatic carbocycles. The number of benzene rings is 1. The molecule has 1 aromatic carbocycles. The van der Waals surface area contributed by atoms with Crippen LogP contribution in [0, 0.1) is 0 Å². The zero-order chi connectivity index (χ0) is 18.2. The molecular formula is C18H26N6O2. The molecule has 140 valence electrons. The van der Waals surface area contributed by atoms with Gasteiger partial charge in [0.2, 0.25) is 0 Å². The number of aliphatic imine (C=N–C) groups is 1. The van der Waals surface area contributed by atoms with Crippen molar-refractivity contribution in [2.24, 2.45) is 4.99 Å². The predicted octanol–water partition coefficient (Wildman–Crippen LogP) is 1.24. The molecule has 1 atom stereocenters. The molecule has 0 fully saturated rings. The Kier molecular flexibility index (Phi) is 6.29. The summed E-state index contributed by atoms with van der Waals surface area (Å²) in [6.45, 7) is 2.23. The lowest BCUT2D eigenvalue weighted by Crippen LogP contribution is -2.47. The van der Waals surface area contributed by atoms with Crippen molar-refractivity contribution < 1.29 is 9.47 Å². The van der Waals surface area contributed by atoms with Gasteiger partial charge in [0.1, 0.15) is 23.7 Å². The monoisotopic (exact) mass is 358 g/mol. The summed E-state index contributed by atoms with van der Waals surface area (Å²) in [5.74, 6) is 3.48. The average molecular weight is 358 g/mol. The molecule has 1 aliphatic heterocycles. The van der Waals surface area contributed by atoms with Crippen molar-refractivity contribution >= 4 is 5.96 Å². The smallest absolute Gasteiger partial charge is 0.191 e. The summed E-state index contributed by atoms with van der Waals surface area (Å²) in [5.41, 5.74) is 0. The van der Waals surface area contributed by atoms with Gasteiger partial charge in [-0.05, 0) is 25.0 Å². The third kappa shape index (κ3) is 4.87. The first-order chi connectivity index (χ1) is 12.8. The van der Waals surface area contributed by atoms with Crippen LogP contribution in [0.3, 0.4) is 0 Å². The predicted molar refractivity (Wildman–Crippen MR) is 99.7 cm³/mol. The van der Waals surface area contributed by atoms with E-state index in [1.807, 2.05) is 28.9 Å². The van der Waals surface area contributed by atoms with Crippen LogP contribution in [0.1, 0.15) is 18.7 Å². The molecule has 2 heterocycles. The number of guanidine groups is 1. The van der Waals surface area contributed by atoms with Crippen LogP contribution in [0.4, 0.5) is 0 Å². The lowest BCUT2D eigenvalue weighted by Gasteiger charge is -2.25. The lowest BCUT2D eigenvalue weighted by molar-refractivity contribution is 0.308. The van der Waals surface area contributed by atoms with E-state index in [1.54, 1.807) is 20.5 Å². The number of hydrogen-bond donors (Lipinski definition) is 2. The molecule has 0 bridgehead atoms. The standard InChI is InChI=1S/C18H26N6O2/c1-19-18(23-14-7-8-17-21-13-22-24(17)12-14)20-9-4-10-26-16-6-3-5-15(11-16)25-2/h3,5-6,11,13-14H,4,7-10,12H2,1-2H3,(H2,19,20,23). The van der Waals surface area contributed by atoms with Crippen molar-refractivity contribution in [3.63, 3.8) is 0 Å². The number of hydrogen-bond acceptors (Lipinski definition) is 5. The number of fused-ring (bicyclic) bond motifs is 1. The molecule has 0 saturated carbocycles. The highest BCUT2D eigenvalue weighted by Crippen LogP contribution is 2.18. The van der Waals surface area contributed by atoms with Crippen LogP contribution in [0.5, 0.6) is 11.5 Å². The molecule has 1 unspecified atom stereocenters. The lowest BCUT2D eigenvalue weighted by atomic mass is 10.1. The van der Waals surface area contributed by atoms with Gasteiger partial charge < -0.3 is 20.1 Å². The second-order valence-corrected chi connectivity index (χ2v) is 6.12. The molecule has 3 rings (SSSR count). The number of aryl methyl sites for hydroxylation is 1. The van der Waals surface area contributed by atoms with E-state index < -0.39 is 0 Å². The SMILES string of the molecule is CN=C(NCCCOc1cccc(OC)c1)NC1CCc2ncnn2C1. The van der Waals surface area contributed by atoms with Gasteiger partial charge in [0.25, 0.3) is 0 Å². The molecule has 0 amide bonds. The van der Waals surface area contributed by atoms with Crippen LogP contribution in [-0.4, -0.2) is 54.1 Å². The van der Waals surface area contributed by atoms with Crippen molar-refractivity contribution in [3.05, 3.63) is 36.4 Å². The van der Waals surface area contributed by atoms with E-state index in [0.29, 0.717) is 12.6 Å². The maximum atomic E-state index is 5.75. The normalized spacial score (nSPS) is 16.7. The molecule has 0 radical (unpaired) electrons. The zero-order valence-corrected chi connectivity index (χ0v) is 15.3. The number of nitrogens with one attached hydrogen (secondary N) is 2. The quantitative estimate of drug-likeness (QED) is 0.440. The van der Waals surface area contributed by atoms with Crippen LogP contribution in [0.2, 0.25) is 0 Å². The number of aromatic nitrogens is 3. The summed E-state index contributed by atoms with van der Waals surface area (Å²) in [6, 6.07) is 7.94. The summed E-state index contributed by atoms with van der Waals surface area (Å²) in [6.07, 6.45) is 4.45. The van der Waals surface area contributed by atoms with Crippen LogP contribution in [0.15, 0.2) is 35.6 Å². The van der Waals surface area contributed by atoms with Gasteiger partial charge in [-0.1, -0.05) is 6.07 Å². The molecule has 26 heavy (non-hydrogen) atoms. The Bertz CT molecular complexity index is 730. The Hall–Kier alpha value is -2.77. The van der Waals surface area contributed by atoms with Gasteiger partial charge in [-0.15, -0.1) is 0 Å². The molecule has 8 nitrogen and oxygen atoms in total. The zero-order valence-electron chi connectivity index (χ0n) is 15.3. The van der Waals surface area contributed by atoms with Gasteiger partial charge >= 0.3 is 0 Å². The number of nitrogens with zero attached hydrogens (tertiary/aromatic N) is 4. The van der Waals surface area contributed by atoms with E-state index >= 15 is 0 Å². The number of rotatable bonds is 7. The highest BCUT2D eigenvalue weighted by Gasteiger charge is 2.20. The molecule has 0 saturated heterocycles. The van der Waals surface area contributed by atoms with Crippen molar-refractivity contribution in [2.45, 2.75) is 31.8 Å². The third-order valence-corrected chi connectivity index (χ3v) is 4.29. The first-order valence-corrected chi connectivity index (χ1v) is 8.89. The Morgan fingerprint density at radius 1 is 1.38 bits per heavy atom. The summed E-state index contributed by atoms with van der Waals surface area (Å²) in [7, 11) is 3.43. The molecule has 8 heteroatoms. The molecule has 1 aromatic heterocycles. The largest absolute Gasteiger partial charge is 0.497 e. The van der Waals surface area contributed by atoms with Crippen molar-refractivity contribution in [2.75, 3.05) is 27.3 Å². The van der Waals surface area contributed by atoms with Crippen molar-refractivity contribution in [1.29, 1.82) is 0 Å². The van der Waals surface area contributed by atoms with Crippen molar-refractivity contribution in [1.82, 2.24) is 25.4 Å². The van der Waals surface area contributed by atoms with Gasteiger partial charge in [-0.2, -0.15) is 5.10 Å². The van der Waals surface area contributed by atoms with Gasteiger partial charge in [-0.3, -0.25) is 4.99 Å². The third-order valence-electron chi connectivity index (χ3n) is 4.29. The highest BCUT2D eigenvalue weighted by molar-refractivity contribution is 5.79. The van der Waals surface area contributed by atoms with Gasteiger partial charge in [0, 0.05) is 32.1 Å². The number of methoxy groups -OCH3 is 1. The topological polar surface area (TPSA) is 85.6 Å². The summed E-state index contributed by atoms with van der Waals surface area (Å²) >= 11 is 0. The number of ether oxygens (including phenoxy) is 2. The second kappa shape index (κ2) is 9.07. The van der Waals surface area contributed by atoms with Crippen LogP contribution in [-0.2, 0) is 13.0 Å². The maximum Gasteiger partial charge on any atom is 0.191 e. The Labute approximate surface area is 153 Å². The first kappa shape index (κ1) is 18.0. The fourth-order valence-corrected chi connectivity index (χ4v) is 2.90. The minimum Gasteiger partial charge on any atom is -0.497 e. The van der Waals surface area contributed by atoms with Gasteiger partial charge in [-0.25, -0.2) is 9.67 Å². The summed E-state index contributed by atoms with van der Waals surface area (Å²) in [4.78, 5) is 8.55. The highest BCUT2D eigenvalue weighted by atomic mass is 16.5. The van der Waals surface area contributed by atoms with E-state index in [-0.39, 0.29) is 0 Å². The fourth-order valence-electron chi connectivity index (χ4n) is 2.90. The maximum absolute atomic E-state index is 5.75. The molecule has 2 aromatic rings. The Balaban J connectivity index is 1.35. The van der Waals surface area contributed by atoms with E-state index in [9.17, 15) is 0 Å². The summed E-state index contributed by atoms with van der Waals surface area (Å²) < 4.78 is 12.9. The van der Waals surface area contributed by atoms with E-state index in [2.05, 4.69) is 25.7 Å². The van der Waals surface area contributed by atoms with Crippen molar-refractivity contribution in [3.8, 4) is 11.5 Å². The van der Waals surface area contributed by atoms with Crippen LogP contribution < -0.4 is 20.1 Å². The minimum absolute atomic E-state index is 0.309. The van der Waals surface area contributed by atoms with Gasteiger partial charge in [0.15, 0.2) is 5.96 Å². The molecular weight excluding hydrogens is 332 g/mol. The van der Waals surface area contributed by atoms with Crippen LogP contribution >= 0.6 is 0 Å². The Morgan fingerprint density at radius 3 is 3.12 bits per heavy atom. The summed E-state index contributed by atoms with van der Waals surface area (Å²) in [5, 5.41) is 11.0. The van der Waals surface area contributed by atoms with Gasteiger partial charge in [0.05, 0.1) is 20.3 Å². The minimum atomic E-state index is 0.309. The fraction of sp³-hybridized carbons (Fsp3) is 0.500. The van der Waals surface area contributed by atoms with E-state index in [4.69, 9.17) is 9.47 Å². The Morgan fingerprint density at radius 2 is 2.27 bits per heavy atom. The molecule has 0 spiro atoms. The first-order valence-electron chi connectivity index (χ1n) is 8.89.